The highest BCUT2D eigenvalue weighted by atomic mass is 79.9. The SMILES string of the molecule is CCOP(=O)(OCC)C(=O)c1cc2c(cc1Br)OCO2. The van der Waals surface area contributed by atoms with E-state index >= 15 is 0 Å². The van der Waals surface area contributed by atoms with E-state index in [2.05, 4.69) is 15.9 Å². The van der Waals surface area contributed by atoms with Gasteiger partial charge in [-0.05, 0) is 41.9 Å². The summed E-state index contributed by atoms with van der Waals surface area (Å²) in [5.74, 6) is 0.951. The lowest BCUT2D eigenvalue weighted by Crippen LogP contribution is -2.08. The van der Waals surface area contributed by atoms with E-state index in [0.717, 1.165) is 0 Å². The van der Waals surface area contributed by atoms with Gasteiger partial charge in [-0.1, -0.05) is 0 Å². The lowest BCUT2D eigenvalue weighted by atomic mass is 10.2. The third-order valence-corrected chi connectivity index (χ3v) is 5.13. The molecule has 1 aliphatic rings. The molecule has 0 saturated heterocycles. The quantitative estimate of drug-likeness (QED) is 0.718. The van der Waals surface area contributed by atoms with Gasteiger partial charge in [0.25, 0.3) is 5.52 Å². The molecule has 0 unspecified atom stereocenters. The van der Waals surface area contributed by atoms with Crippen LogP contribution >= 0.6 is 23.5 Å². The number of rotatable bonds is 6. The van der Waals surface area contributed by atoms with E-state index in [1.54, 1.807) is 19.9 Å². The highest BCUT2D eigenvalue weighted by molar-refractivity contribution is 9.10. The number of benzene rings is 1. The van der Waals surface area contributed by atoms with Crippen LogP contribution in [-0.2, 0) is 13.6 Å². The zero-order valence-electron chi connectivity index (χ0n) is 11.1. The minimum atomic E-state index is -3.85. The van der Waals surface area contributed by atoms with Gasteiger partial charge >= 0.3 is 7.60 Å². The number of carbonyl (C=O) groups excluding carboxylic acids is 1. The standard InChI is InChI=1S/C12H14BrO6P/c1-3-18-20(15,19-4-2)12(14)8-5-10-11(6-9(8)13)17-7-16-10/h5-6H,3-4,7H2,1-2H3. The number of halogens is 1. The minimum absolute atomic E-state index is 0.0913. The second kappa shape index (κ2) is 6.26. The Hall–Kier alpha value is -0.880. The molecular weight excluding hydrogens is 351 g/mol. The molecular formula is C12H14BrO6P. The van der Waals surface area contributed by atoms with Gasteiger partial charge in [0, 0.05) is 10.0 Å². The molecule has 0 N–H and O–H groups in total. The van der Waals surface area contributed by atoms with Crippen LogP contribution in [0.2, 0.25) is 0 Å². The van der Waals surface area contributed by atoms with Gasteiger partial charge < -0.3 is 18.5 Å². The van der Waals surface area contributed by atoms with Gasteiger partial charge in [-0.15, -0.1) is 0 Å². The molecule has 0 aromatic heterocycles. The predicted octanol–water partition coefficient (Wildman–Crippen LogP) is 3.58. The van der Waals surface area contributed by atoms with Crippen LogP contribution in [0, 0.1) is 0 Å². The molecule has 0 aliphatic carbocycles. The summed E-state index contributed by atoms with van der Waals surface area (Å²) in [5, 5.41) is 0. The summed E-state index contributed by atoms with van der Waals surface area (Å²) in [4.78, 5) is 12.4. The van der Waals surface area contributed by atoms with E-state index < -0.39 is 13.1 Å². The molecule has 0 amide bonds. The van der Waals surface area contributed by atoms with Crippen LogP contribution in [0.15, 0.2) is 16.6 Å². The normalized spacial score (nSPS) is 13.6. The van der Waals surface area contributed by atoms with Crippen molar-refractivity contribution in [3.63, 3.8) is 0 Å². The van der Waals surface area contributed by atoms with E-state index in [4.69, 9.17) is 18.5 Å². The van der Waals surface area contributed by atoms with Gasteiger partial charge in [-0.3, -0.25) is 9.36 Å². The van der Waals surface area contributed by atoms with Crippen molar-refractivity contribution < 1.29 is 27.9 Å². The summed E-state index contributed by atoms with van der Waals surface area (Å²) in [7, 11) is -3.85. The first-order chi connectivity index (χ1) is 9.51. The van der Waals surface area contributed by atoms with Crippen LogP contribution in [0.3, 0.4) is 0 Å². The van der Waals surface area contributed by atoms with Crippen LogP contribution < -0.4 is 9.47 Å². The highest BCUT2D eigenvalue weighted by Crippen LogP contribution is 2.53. The summed E-state index contributed by atoms with van der Waals surface area (Å²) in [6.45, 7) is 3.62. The smallest absolute Gasteiger partial charge is 0.401 e. The van der Waals surface area contributed by atoms with Gasteiger partial charge in [0.15, 0.2) is 11.5 Å². The van der Waals surface area contributed by atoms with Crippen molar-refractivity contribution in [2.45, 2.75) is 13.8 Å². The van der Waals surface area contributed by atoms with Crippen LogP contribution in [0.25, 0.3) is 0 Å². The Kier molecular flexibility index (Phi) is 4.86. The molecule has 1 aromatic carbocycles. The molecule has 20 heavy (non-hydrogen) atoms. The van der Waals surface area contributed by atoms with Crippen molar-refractivity contribution in [1.82, 2.24) is 0 Å². The Morgan fingerprint density at radius 3 is 2.35 bits per heavy atom. The second-order valence-corrected chi connectivity index (χ2v) is 6.60. The third-order valence-electron chi connectivity index (χ3n) is 2.54. The van der Waals surface area contributed by atoms with Gasteiger partial charge in [-0.25, -0.2) is 0 Å². The third kappa shape index (κ3) is 2.91. The van der Waals surface area contributed by atoms with Gasteiger partial charge in [0.05, 0.1) is 13.2 Å². The summed E-state index contributed by atoms with van der Waals surface area (Å²) in [5.41, 5.74) is -0.522. The van der Waals surface area contributed by atoms with Crippen molar-refractivity contribution in [2.75, 3.05) is 20.0 Å². The number of carbonyl (C=O) groups is 1. The molecule has 0 radical (unpaired) electrons. The molecule has 8 heteroatoms. The molecule has 1 aromatic rings. The summed E-state index contributed by atoms with van der Waals surface area (Å²) >= 11 is 3.26. The zero-order valence-corrected chi connectivity index (χ0v) is 13.5. The van der Waals surface area contributed by atoms with E-state index in [-0.39, 0.29) is 25.6 Å². The number of hydrogen-bond donors (Lipinski definition) is 0. The van der Waals surface area contributed by atoms with Crippen molar-refractivity contribution in [1.29, 1.82) is 0 Å². The van der Waals surface area contributed by atoms with E-state index in [1.807, 2.05) is 0 Å². The maximum atomic E-state index is 12.5. The highest BCUT2D eigenvalue weighted by Gasteiger charge is 2.37. The maximum absolute atomic E-state index is 12.5. The molecule has 1 aliphatic heterocycles. The Balaban J connectivity index is 2.39. The molecule has 0 spiro atoms. The summed E-state index contributed by atoms with van der Waals surface area (Å²) in [6, 6.07) is 3.07. The molecule has 0 atom stereocenters. The Bertz CT molecular complexity index is 563. The lowest BCUT2D eigenvalue weighted by Gasteiger charge is -2.16. The predicted molar refractivity (Wildman–Crippen MR) is 75.5 cm³/mol. The first kappa shape index (κ1) is 15.5. The minimum Gasteiger partial charge on any atom is -0.454 e. The Morgan fingerprint density at radius 1 is 1.25 bits per heavy atom. The molecule has 2 rings (SSSR count). The molecule has 0 fully saturated rings. The second-order valence-electron chi connectivity index (χ2n) is 3.82. The van der Waals surface area contributed by atoms with Crippen LogP contribution in [0.5, 0.6) is 11.5 Å². The van der Waals surface area contributed by atoms with Gasteiger partial charge in [0.2, 0.25) is 6.79 Å². The Morgan fingerprint density at radius 2 is 1.80 bits per heavy atom. The van der Waals surface area contributed by atoms with Gasteiger partial charge in [0.1, 0.15) is 0 Å². The van der Waals surface area contributed by atoms with Crippen LogP contribution in [0.1, 0.15) is 24.2 Å². The monoisotopic (exact) mass is 364 g/mol. The van der Waals surface area contributed by atoms with Crippen LogP contribution in [-0.4, -0.2) is 25.5 Å². The lowest BCUT2D eigenvalue weighted by molar-refractivity contribution is 0.1000. The number of ether oxygens (including phenoxy) is 2. The van der Waals surface area contributed by atoms with E-state index in [0.29, 0.717) is 16.0 Å². The van der Waals surface area contributed by atoms with Gasteiger partial charge in [-0.2, -0.15) is 0 Å². The molecule has 1 heterocycles. The fourth-order valence-electron chi connectivity index (χ4n) is 1.72. The average molecular weight is 365 g/mol. The Labute approximate surface area is 125 Å². The molecule has 0 saturated carbocycles. The van der Waals surface area contributed by atoms with Crippen molar-refractivity contribution in [3.05, 3.63) is 22.2 Å². The van der Waals surface area contributed by atoms with Crippen molar-refractivity contribution >= 4 is 29.1 Å². The maximum Gasteiger partial charge on any atom is 0.401 e. The zero-order chi connectivity index (χ0) is 14.8. The summed E-state index contributed by atoms with van der Waals surface area (Å²) in [6.07, 6.45) is 0. The topological polar surface area (TPSA) is 71.1 Å². The first-order valence-corrected chi connectivity index (χ1v) is 8.38. The first-order valence-electron chi connectivity index (χ1n) is 6.05. The fraction of sp³-hybridized carbons (Fsp3) is 0.417. The van der Waals surface area contributed by atoms with Crippen molar-refractivity contribution in [3.8, 4) is 11.5 Å². The fourth-order valence-corrected chi connectivity index (χ4v) is 3.85. The summed E-state index contributed by atoms with van der Waals surface area (Å²) < 4.78 is 33.4. The molecule has 6 nitrogen and oxygen atoms in total. The van der Waals surface area contributed by atoms with E-state index in [9.17, 15) is 9.36 Å². The van der Waals surface area contributed by atoms with E-state index in [1.165, 1.54) is 6.07 Å². The molecule has 110 valence electrons. The van der Waals surface area contributed by atoms with Crippen LogP contribution in [0.4, 0.5) is 0 Å². The average Bonchev–Trinajstić information content (AvgIpc) is 2.84. The number of hydrogen-bond acceptors (Lipinski definition) is 6. The number of fused-ring (bicyclic) bond motifs is 1. The van der Waals surface area contributed by atoms with Crippen molar-refractivity contribution in [2.24, 2.45) is 0 Å². The molecule has 0 bridgehead atoms. The largest absolute Gasteiger partial charge is 0.454 e.